The van der Waals surface area contributed by atoms with Crippen molar-refractivity contribution in [2.45, 2.75) is 56.4 Å². The number of aromatic carboxylic acids is 2. The molecule has 0 bridgehead atoms. The van der Waals surface area contributed by atoms with E-state index in [9.17, 15) is 86.5 Å². The standard InChI is InChI=1S/C11H11FO4.C11H11NO6.C11H13NO4.C9H5FO3.C9H7NO6.C9H6O3.2CH4.B.H2/c1-6-4-7(10(13)15-2)8(5-9(6)12)11(14)16-3;1-6-4-7(10(13)17-2)8(11(14)18-3)5-9(6)12(15)16;1-6-4-7(10(13)15-2)8(5-9(6)12)11(14)16-3;1-4-2-5-6(3-7(4)10)9(12)13-8(5)11;1-4-2-5(8(11)12)6(9(13)14)3-7(4)10(15)16;1-5-2-3-6-7(4-5)9(11)12-8(6)10;;;;/h4-5H,1-3H3;4-5H,1-3H3;4-5H,12H2,1-3H3;2-3H,1H3;2-3H,1H3,(H,11,12)(H,13,14);2-4H,1H3;2*1H4;;1H/i;;;;;;;;;1+1. The van der Waals surface area contributed by atoms with Gasteiger partial charge in [0.2, 0.25) is 0 Å². The lowest BCUT2D eigenvalue weighted by Gasteiger charge is -2.09. The van der Waals surface area contributed by atoms with Gasteiger partial charge in [0.05, 0.1) is 119 Å². The van der Waals surface area contributed by atoms with E-state index in [1.165, 1.54) is 79.4 Å². The number of fused-ring (bicyclic) bond motifs is 2. The van der Waals surface area contributed by atoms with Gasteiger partial charge < -0.3 is 53.8 Å². The number of carboxylic acids is 2. The summed E-state index contributed by atoms with van der Waals surface area (Å²) in [6.45, 7) is 9.41. The average molecular weight is 1320 g/mol. The van der Waals surface area contributed by atoms with E-state index in [0.29, 0.717) is 27.9 Å². The van der Waals surface area contributed by atoms with Gasteiger partial charge in [-0.2, -0.15) is 0 Å². The molecule has 94 heavy (non-hydrogen) atoms. The van der Waals surface area contributed by atoms with Crippen LogP contribution in [0.15, 0.2) is 78.9 Å². The number of nitrogen functional groups attached to an aromatic ring is 1. The number of hydrogen-bond donors (Lipinski definition) is 3. The number of halogens is 2. The van der Waals surface area contributed by atoms with Crippen LogP contribution in [0.5, 0.6) is 0 Å². The lowest BCUT2D eigenvalue weighted by atomic mass is 10.0. The second kappa shape index (κ2) is 35.9. The molecule has 2 heterocycles. The van der Waals surface area contributed by atoms with Gasteiger partial charge >= 0.3 is 71.6 Å². The summed E-state index contributed by atoms with van der Waals surface area (Å²) in [5.41, 5.74) is 7.70. The number of aryl methyl sites for hydroxylation is 6. The summed E-state index contributed by atoms with van der Waals surface area (Å²) >= 11 is 0. The first-order valence-corrected chi connectivity index (χ1v) is 25.2. The summed E-state index contributed by atoms with van der Waals surface area (Å²) in [7, 11) is 7.09. The largest absolute Gasteiger partial charge is 0.478 e. The number of methoxy groups -OCH3 is 6. The van der Waals surface area contributed by atoms with Crippen molar-refractivity contribution >= 4 is 97.1 Å². The summed E-state index contributed by atoms with van der Waals surface area (Å²) < 4.78 is 62.0. The molecular formula is C62H63BF2N3O26. The molecule has 4 N–H and O–H groups in total. The van der Waals surface area contributed by atoms with Gasteiger partial charge in [-0.25, -0.2) is 66.3 Å². The van der Waals surface area contributed by atoms with Crippen LogP contribution in [0, 0.1) is 73.4 Å². The Hall–Kier alpha value is -12.1. The molecule has 6 aromatic rings. The molecule has 0 saturated carbocycles. The number of anilines is 1. The first kappa shape index (κ1) is 81.9. The Morgan fingerprint density at radius 3 is 1.07 bits per heavy atom. The molecule has 0 saturated heterocycles. The number of carbonyl (C=O) groups excluding carboxylic acids is 10. The van der Waals surface area contributed by atoms with Crippen molar-refractivity contribution in [3.05, 3.63) is 211 Å². The number of cyclic esters (lactones) is 4. The first-order valence-electron chi connectivity index (χ1n) is 25.2. The maximum Gasteiger partial charge on any atom is 0.347 e. The molecule has 0 unspecified atom stereocenters. The van der Waals surface area contributed by atoms with Gasteiger partial charge in [0.1, 0.15) is 11.6 Å². The second-order valence-corrected chi connectivity index (χ2v) is 18.4. The number of carboxylic acid groups (broad SMARTS) is 2. The fourth-order valence-corrected chi connectivity index (χ4v) is 7.63. The van der Waals surface area contributed by atoms with E-state index in [1.54, 1.807) is 25.1 Å². The van der Waals surface area contributed by atoms with Gasteiger partial charge in [0.25, 0.3) is 11.4 Å². The van der Waals surface area contributed by atoms with Gasteiger partial charge in [-0.05, 0) is 119 Å². The highest BCUT2D eigenvalue weighted by molar-refractivity contribution is 6.15. The molecule has 6 aromatic carbocycles. The number of nitro benzene ring substituents is 2. The molecule has 0 aromatic heterocycles. The van der Waals surface area contributed by atoms with Crippen molar-refractivity contribution in [1.29, 1.82) is 0 Å². The minimum atomic E-state index is -1.51. The fourth-order valence-electron chi connectivity index (χ4n) is 7.63. The van der Waals surface area contributed by atoms with Crippen molar-refractivity contribution in [2.24, 2.45) is 0 Å². The molecule has 0 fully saturated rings. The minimum absolute atomic E-state index is 0. The zero-order chi connectivity index (χ0) is 69.2. The van der Waals surface area contributed by atoms with Crippen molar-refractivity contribution < 1.29 is 126 Å². The summed E-state index contributed by atoms with van der Waals surface area (Å²) in [6, 6.07) is 16.5. The van der Waals surface area contributed by atoms with Crippen LogP contribution in [0.4, 0.5) is 25.8 Å². The van der Waals surface area contributed by atoms with Crippen LogP contribution in [0.25, 0.3) is 0 Å². The topological polar surface area (TPSA) is 431 Å². The van der Waals surface area contributed by atoms with E-state index in [1.807, 2.05) is 6.92 Å². The van der Waals surface area contributed by atoms with Gasteiger partial charge in [0, 0.05) is 38.8 Å². The number of benzene rings is 6. The zero-order valence-corrected chi connectivity index (χ0v) is 50.5. The maximum atomic E-state index is 13.3. The summed E-state index contributed by atoms with van der Waals surface area (Å²) in [5, 5.41) is 38.8. The van der Waals surface area contributed by atoms with E-state index < -0.39 is 110 Å². The monoisotopic (exact) mass is 1320 g/mol. The highest BCUT2D eigenvalue weighted by Crippen LogP contribution is 2.28. The highest BCUT2D eigenvalue weighted by Gasteiger charge is 2.32. The molecule has 8 rings (SSSR count). The molecule has 0 spiro atoms. The van der Waals surface area contributed by atoms with Gasteiger partial charge in [-0.3, -0.25) is 20.2 Å². The van der Waals surface area contributed by atoms with Gasteiger partial charge in [-0.1, -0.05) is 26.5 Å². The van der Waals surface area contributed by atoms with Crippen LogP contribution in [0.3, 0.4) is 0 Å². The second-order valence-electron chi connectivity index (χ2n) is 18.4. The van der Waals surface area contributed by atoms with Crippen LogP contribution in [-0.2, 0) is 37.9 Å². The van der Waals surface area contributed by atoms with Gasteiger partial charge in [-0.15, -0.1) is 0 Å². The number of rotatable bonds is 10. The van der Waals surface area contributed by atoms with Crippen molar-refractivity contribution in [1.82, 2.24) is 0 Å². The minimum Gasteiger partial charge on any atom is -0.478 e. The molecule has 32 heteroatoms. The number of nitrogens with zero attached hydrogens (tertiary/aromatic N) is 2. The normalized spacial score (nSPS) is 10.7. The average Bonchev–Trinajstić information content (AvgIpc) is 1.80. The predicted octanol–water partition coefficient (Wildman–Crippen LogP) is 9.52. The maximum absolute atomic E-state index is 13.3. The van der Waals surface area contributed by atoms with E-state index in [2.05, 4.69) is 37.9 Å². The van der Waals surface area contributed by atoms with E-state index in [-0.39, 0.29) is 91.6 Å². The third-order valence-corrected chi connectivity index (χ3v) is 12.4. The molecule has 3 radical (unpaired) electrons. The highest BCUT2D eigenvalue weighted by atomic mass is 19.1. The Balaban J connectivity index is 0. The van der Waals surface area contributed by atoms with Gasteiger partial charge in [0.15, 0.2) is 0 Å². The van der Waals surface area contributed by atoms with Crippen molar-refractivity contribution in [3.8, 4) is 0 Å². The molecule has 2 aliphatic rings. The Kier molecular flexibility index (Phi) is 31.3. The molecule has 0 aliphatic carbocycles. The van der Waals surface area contributed by atoms with Crippen LogP contribution < -0.4 is 5.73 Å². The zero-order valence-electron chi connectivity index (χ0n) is 50.5. The third-order valence-electron chi connectivity index (χ3n) is 12.4. The number of nitro groups is 2. The number of nitrogens with two attached hydrogens (primary N) is 1. The Morgan fingerprint density at radius 2 is 0.691 bits per heavy atom. The first-order chi connectivity index (χ1) is 42.5. The summed E-state index contributed by atoms with van der Waals surface area (Å²) in [6.07, 6.45) is 0. The molecule has 29 nitrogen and oxygen atoms in total. The van der Waals surface area contributed by atoms with E-state index in [0.717, 1.165) is 57.2 Å². The Labute approximate surface area is 536 Å². The molecule has 2 aliphatic heterocycles. The predicted molar refractivity (Wildman–Crippen MR) is 327 cm³/mol. The fraction of sp³-hybridized carbons (Fsp3) is 0.226. The Morgan fingerprint density at radius 1 is 0.415 bits per heavy atom. The lowest BCUT2D eigenvalue weighted by Crippen LogP contribution is -2.13. The quantitative estimate of drug-likeness (QED) is 0.0218. The van der Waals surface area contributed by atoms with Crippen molar-refractivity contribution in [2.75, 3.05) is 48.4 Å². The lowest BCUT2D eigenvalue weighted by molar-refractivity contribution is -0.385. The summed E-state index contributed by atoms with van der Waals surface area (Å²) in [5.74, 6) is -10.9. The number of ether oxygens (including phenoxy) is 8. The molecule has 0 amide bonds. The Bertz CT molecular complexity index is 3840. The molecule has 0 atom stereocenters. The SMILES string of the molecule is C.C.COC(=O)c1cc(C)c(F)cc1C(=O)OC.COC(=O)c1cc(C)c(N)cc1C(=O)OC.COC(=O)c1cc(C)c([N+](=O)[O-])cc1C(=O)OC.Cc1cc(C(=O)O)c(C(=O)O)cc1[N+](=O)[O-].Cc1cc2c(cc1F)C(=O)OC2=O.Cc1ccc2c(c1)C(=O)OC2=O.[2HH].[B]. The van der Waals surface area contributed by atoms with E-state index in [4.69, 9.17) is 15.9 Å². The number of carbonyl (C=O) groups is 12. The van der Waals surface area contributed by atoms with Crippen LogP contribution in [-0.4, -0.2) is 143 Å². The summed E-state index contributed by atoms with van der Waals surface area (Å²) in [4.78, 5) is 154. The molecule has 499 valence electrons. The van der Waals surface area contributed by atoms with Crippen LogP contribution >= 0.6 is 0 Å². The van der Waals surface area contributed by atoms with Crippen molar-refractivity contribution in [3.63, 3.8) is 0 Å². The van der Waals surface area contributed by atoms with E-state index >= 15 is 0 Å². The number of esters is 10. The molecular weight excluding hydrogens is 1250 g/mol. The third kappa shape index (κ3) is 20.2. The smallest absolute Gasteiger partial charge is 0.347 e. The number of hydrogen-bond acceptors (Lipinski definition) is 25. The van der Waals surface area contributed by atoms with Crippen LogP contribution in [0.1, 0.15) is 174 Å². The van der Waals surface area contributed by atoms with Crippen LogP contribution in [0.2, 0.25) is 0 Å².